The number of aliphatic imine (C=N–C) groups is 1. The molecule has 1 aliphatic carbocycles. The Balaban J connectivity index is 1.50. The summed E-state index contributed by atoms with van der Waals surface area (Å²) in [5.41, 5.74) is 3.95. The Labute approximate surface area is 189 Å². The van der Waals surface area contributed by atoms with Crippen molar-refractivity contribution in [1.29, 1.82) is 0 Å². The van der Waals surface area contributed by atoms with Crippen molar-refractivity contribution < 1.29 is 18.0 Å². The van der Waals surface area contributed by atoms with Gasteiger partial charge in [-0.25, -0.2) is 0 Å². The van der Waals surface area contributed by atoms with Crippen LogP contribution in [0, 0.1) is 0 Å². The van der Waals surface area contributed by atoms with Crippen LogP contribution in [0.4, 0.5) is 24.5 Å². The highest BCUT2D eigenvalue weighted by Crippen LogP contribution is 2.37. The third-order valence-corrected chi connectivity index (χ3v) is 6.27. The minimum absolute atomic E-state index is 0.0246. The van der Waals surface area contributed by atoms with Gasteiger partial charge in [0, 0.05) is 17.8 Å². The first kappa shape index (κ1) is 21.4. The average Bonchev–Trinajstić information content (AvgIpc) is 3.28. The van der Waals surface area contributed by atoms with Gasteiger partial charge in [-0.2, -0.15) is 13.2 Å². The summed E-state index contributed by atoms with van der Waals surface area (Å²) in [6, 6.07) is 15.0. The molecule has 0 saturated heterocycles. The molecule has 5 rings (SSSR count). The van der Waals surface area contributed by atoms with Crippen LogP contribution in [0.5, 0.6) is 0 Å². The number of amides is 1. The van der Waals surface area contributed by atoms with Crippen LogP contribution in [0.15, 0.2) is 65.8 Å². The minimum atomic E-state index is -4.49. The molecule has 3 aromatic rings. The lowest BCUT2D eigenvalue weighted by Gasteiger charge is -2.11. The zero-order valence-electron chi connectivity index (χ0n) is 17.8. The standard InChI is InChI=1S/C26H22F3N3O/c27-26(28,29)20-8-9-21-24(14-20)32-25(33)15-23(31-21)19-7-3-6-17(12-19)18-10-11-30-22(13-18)16-4-1-2-5-16/h3,6-14,16H,1-2,4-5,15H2,(H,32,33). The lowest BCUT2D eigenvalue weighted by atomic mass is 9.97. The van der Waals surface area contributed by atoms with E-state index in [0.717, 1.165) is 47.4 Å². The number of nitrogens with one attached hydrogen (secondary N) is 1. The van der Waals surface area contributed by atoms with Crippen LogP contribution < -0.4 is 5.32 Å². The summed E-state index contributed by atoms with van der Waals surface area (Å²) in [5.74, 6) is 0.103. The number of hydrogen-bond acceptors (Lipinski definition) is 3. The van der Waals surface area contributed by atoms with E-state index in [1.807, 2.05) is 36.5 Å². The molecular weight excluding hydrogens is 427 g/mol. The fourth-order valence-electron chi connectivity index (χ4n) is 4.56. The van der Waals surface area contributed by atoms with E-state index >= 15 is 0 Å². The lowest BCUT2D eigenvalue weighted by molar-refractivity contribution is -0.137. The molecule has 2 aromatic carbocycles. The van der Waals surface area contributed by atoms with Gasteiger partial charge in [0.1, 0.15) is 0 Å². The van der Waals surface area contributed by atoms with Gasteiger partial charge in [-0.1, -0.05) is 31.0 Å². The predicted octanol–water partition coefficient (Wildman–Crippen LogP) is 6.89. The number of alkyl halides is 3. The smallest absolute Gasteiger partial charge is 0.324 e. The molecule has 0 spiro atoms. The molecule has 0 atom stereocenters. The summed E-state index contributed by atoms with van der Waals surface area (Å²) in [5, 5.41) is 2.56. The maximum absolute atomic E-state index is 13.1. The van der Waals surface area contributed by atoms with Gasteiger partial charge in [0.2, 0.25) is 5.91 Å². The number of aromatic nitrogens is 1. The van der Waals surface area contributed by atoms with Crippen LogP contribution in [0.25, 0.3) is 11.1 Å². The number of anilines is 1. The van der Waals surface area contributed by atoms with Crippen LogP contribution in [0.3, 0.4) is 0 Å². The van der Waals surface area contributed by atoms with E-state index in [-0.39, 0.29) is 12.1 Å². The maximum atomic E-state index is 13.1. The first-order chi connectivity index (χ1) is 15.9. The number of nitrogens with zero attached hydrogens (tertiary/aromatic N) is 2. The van der Waals surface area contributed by atoms with Crippen LogP contribution in [0.1, 0.15) is 54.8 Å². The second-order valence-electron chi connectivity index (χ2n) is 8.54. The molecule has 1 N–H and O–H groups in total. The number of benzene rings is 2. The number of halogens is 3. The number of pyridine rings is 1. The Morgan fingerprint density at radius 3 is 2.45 bits per heavy atom. The molecule has 2 heterocycles. The highest BCUT2D eigenvalue weighted by atomic mass is 19.4. The molecular formula is C26H22F3N3O. The van der Waals surface area contributed by atoms with E-state index in [2.05, 4.69) is 21.4 Å². The van der Waals surface area contributed by atoms with Crippen molar-refractivity contribution in [2.24, 2.45) is 4.99 Å². The summed E-state index contributed by atoms with van der Waals surface area (Å²) in [4.78, 5) is 21.6. The normalized spacial score (nSPS) is 16.7. The molecule has 1 amide bonds. The van der Waals surface area contributed by atoms with E-state index in [1.165, 1.54) is 18.9 Å². The highest BCUT2D eigenvalue weighted by Gasteiger charge is 2.31. The second kappa shape index (κ2) is 8.46. The monoisotopic (exact) mass is 449 g/mol. The maximum Gasteiger partial charge on any atom is 0.416 e. The minimum Gasteiger partial charge on any atom is -0.324 e. The van der Waals surface area contributed by atoms with E-state index in [0.29, 0.717) is 17.3 Å². The van der Waals surface area contributed by atoms with Crippen molar-refractivity contribution in [3.05, 3.63) is 77.6 Å². The number of carbonyl (C=O) groups excluding carboxylic acids is 1. The third kappa shape index (κ3) is 4.53. The van der Waals surface area contributed by atoms with Gasteiger partial charge >= 0.3 is 6.18 Å². The Hall–Kier alpha value is -3.48. The van der Waals surface area contributed by atoms with E-state index in [9.17, 15) is 18.0 Å². The van der Waals surface area contributed by atoms with Gasteiger partial charge in [0.25, 0.3) is 0 Å². The number of carbonyl (C=O) groups is 1. The Morgan fingerprint density at radius 2 is 1.67 bits per heavy atom. The van der Waals surface area contributed by atoms with Gasteiger partial charge in [-0.15, -0.1) is 0 Å². The van der Waals surface area contributed by atoms with E-state index in [4.69, 9.17) is 0 Å². The van der Waals surface area contributed by atoms with Crippen molar-refractivity contribution in [2.45, 2.75) is 44.2 Å². The Kier molecular flexibility index (Phi) is 5.48. The van der Waals surface area contributed by atoms with Gasteiger partial charge < -0.3 is 5.32 Å². The molecule has 0 bridgehead atoms. The molecule has 1 aliphatic heterocycles. The molecule has 1 fully saturated rings. The number of fused-ring (bicyclic) bond motifs is 1. The molecule has 33 heavy (non-hydrogen) atoms. The highest BCUT2D eigenvalue weighted by molar-refractivity contribution is 6.17. The summed E-state index contributed by atoms with van der Waals surface area (Å²) in [7, 11) is 0. The zero-order valence-corrected chi connectivity index (χ0v) is 17.8. The fraction of sp³-hybridized carbons (Fsp3) is 0.269. The first-order valence-corrected chi connectivity index (χ1v) is 11.0. The summed E-state index contributed by atoms with van der Waals surface area (Å²) in [6.07, 6.45) is 2.12. The molecule has 4 nitrogen and oxygen atoms in total. The molecule has 2 aliphatic rings. The molecule has 1 saturated carbocycles. The van der Waals surface area contributed by atoms with Gasteiger partial charge in [0.15, 0.2) is 0 Å². The Bertz CT molecular complexity index is 1240. The molecule has 1 aromatic heterocycles. The van der Waals surface area contributed by atoms with E-state index in [1.54, 1.807) is 0 Å². The summed E-state index contributed by atoms with van der Waals surface area (Å²) < 4.78 is 39.2. The average molecular weight is 449 g/mol. The lowest BCUT2D eigenvalue weighted by Crippen LogP contribution is -2.15. The van der Waals surface area contributed by atoms with Crippen LogP contribution >= 0.6 is 0 Å². The third-order valence-electron chi connectivity index (χ3n) is 6.27. The first-order valence-electron chi connectivity index (χ1n) is 11.0. The van der Waals surface area contributed by atoms with Crippen molar-refractivity contribution in [2.75, 3.05) is 5.32 Å². The van der Waals surface area contributed by atoms with Crippen molar-refractivity contribution in [3.63, 3.8) is 0 Å². The van der Waals surface area contributed by atoms with E-state index < -0.39 is 17.6 Å². The summed E-state index contributed by atoms with van der Waals surface area (Å²) in [6.45, 7) is 0. The van der Waals surface area contributed by atoms with Gasteiger partial charge in [0.05, 0.1) is 29.1 Å². The van der Waals surface area contributed by atoms with Crippen molar-refractivity contribution >= 4 is 23.0 Å². The van der Waals surface area contributed by atoms with Crippen molar-refractivity contribution in [3.8, 4) is 11.1 Å². The topological polar surface area (TPSA) is 54.4 Å². The van der Waals surface area contributed by atoms with Gasteiger partial charge in [-0.05, 0) is 65.9 Å². The SMILES string of the molecule is O=C1CC(c2cccc(-c3ccnc(C4CCCC4)c3)c2)=Nc2ccc(C(F)(F)F)cc2N1. The van der Waals surface area contributed by atoms with Gasteiger partial charge in [-0.3, -0.25) is 14.8 Å². The van der Waals surface area contributed by atoms with Crippen LogP contribution in [0.2, 0.25) is 0 Å². The quantitative estimate of drug-likeness (QED) is 0.473. The predicted molar refractivity (Wildman–Crippen MR) is 122 cm³/mol. The summed E-state index contributed by atoms with van der Waals surface area (Å²) >= 11 is 0. The van der Waals surface area contributed by atoms with Crippen LogP contribution in [-0.4, -0.2) is 16.6 Å². The molecule has 7 heteroatoms. The molecule has 0 radical (unpaired) electrons. The Morgan fingerprint density at radius 1 is 0.909 bits per heavy atom. The largest absolute Gasteiger partial charge is 0.416 e. The molecule has 168 valence electrons. The molecule has 0 unspecified atom stereocenters. The number of hydrogen-bond donors (Lipinski definition) is 1. The van der Waals surface area contributed by atoms with Crippen LogP contribution in [-0.2, 0) is 11.0 Å². The number of rotatable bonds is 3. The fourth-order valence-corrected chi connectivity index (χ4v) is 4.56. The van der Waals surface area contributed by atoms with Crippen molar-refractivity contribution in [1.82, 2.24) is 4.98 Å². The second-order valence-corrected chi connectivity index (χ2v) is 8.54. The zero-order chi connectivity index (χ0) is 23.0.